The fourth-order valence-electron chi connectivity index (χ4n) is 2.48. The smallest absolute Gasteiger partial charge is 0.359 e. The van der Waals surface area contributed by atoms with Gasteiger partial charge in [-0.15, -0.1) is 24.8 Å². The Morgan fingerprint density at radius 2 is 1.57 bits per heavy atom. The van der Waals surface area contributed by atoms with E-state index in [2.05, 4.69) is 20.8 Å². The summed E-state index contributed by atoms with van der Waals surface area (Å²) in [5, 5.41) is 7.22. The lowest BCUT2D eigenvalue weighted by atomic mass is 10.1. The van der Waals surface area contributed by atoms with Gasteiger partial charge in [-0.3, -0.25) is 20.0 Å². The quantitative estimate of drug-likeness (QED) is 0.202. The number of carbonyl (C=O) groups excluding carboxylic acids is 4. The molecule has 13 heteroatoms. The van der Waals surface area contributed by atoms with Crippen LogP contribution in [0.15, 0.2) is 0 Å². The van der Waals surface area contributed by atoms with Crippen LogP contribution in [0.4, 0.5) is 9.59 Å². The van der Waals surface area contributed by atoms with Crippen molar-refractivity contribution in [3.05, 3.63) is 0 Å². The lowest BCUT2D eigenvalue weighted by Crippen LogP contribution is -2.57. The van der Waals surface area contributed by atoms with Crippen molar-refractivity contribution < 1.29 is 23.9 Å². The molecule has 1 rings (SSSR count). The van der Waals surface area contributed by atoms with Crippen molar-refractivity contribution >= 4 is 48.8 Å². The van der Waals surface area contributed by atoms with E-state index in [1.165, 1.54) is 6.92 Å². The first-order valence-corrected chi connectivity index (χ1v) is 9.40. The third-order valence-corrected chi connectivity index (χ3v) is 4.13. The highest BCUT2D eigenvalue weighted by atomic mass is 35.5. The maximum atomic E-state index is 12.1. The van der Waals surface area contributed by atoms with Crippen molar-refractivity contribution in [3.8, 4) is 0 Å². The van der Waals surface area contributed by atoms with E-state index in [1.54, 1.807) is 20.8 Å². The zero-order chi connectivity index (χ0) is 21.3. The first kappa shape index (κ1) is 30.4. The van der Waals surface area contributed by atoms with Gasteiger partial charge in [0.1, 0.15) is 12.6 Å². The van der Waals surface area contributed by atoms with Crippen LogP contribution in [0.1, 0.15) is 53.4 Å². The summed E-state index contributed by atoms with van der Waals surface area (Å²) in [5.41, 5.74) is 2.07. The molecule has 4 amide bonds. The lowest BCUT2D eigenvalue weighted by Gasteiger charge is -2.32. The Morgan fingerprint density at radius 3 is 2.07 bits per heavy atom. The zero-order valence-corrected chi connectivity index (χ0v) is 19.5. The van der Waals surface area contributed by atoms with Crippen LogP contribution in [-0.2, 0) is 14.3 Å². The largest absolute Gasteiger partial charge is 0.416 e. The molecule has 11 nitrogen and oxygen atoms in total. The number of halogens is 2. The van der Waals surface area contributed by atoms with Gasteiger partial charge in [-0.25, -0.2) is 20.4 Å². The van der Waals surface area contributed by atoms with E-state index in [1.807, 2.05) is 5.01 Å². The molecule has 1 heterocycles. The third kappa shape index (κ3) is 11.4. The average molecular weight is 473 g/mol. The average Bonchev–Trinajstić information content (AvgIpc) is 2.86. The maximum Gasteiger partial charge on any atom is 0.416 e. The second-order valence-corrected chi connectivity index (χ2v) is 7.71. The normalized spacial score (nSPS) is 15.2. The van der Waals surface area contributed by atoms with Crippen molar-refractivity contribution in [1.82, 2.24) is 26.1 Å². The molecular formula is C17H34Cl2N6O5. The first-order chi connectivity index (χ1) is 13.0. The standard InChI is InChI=1S/C17H32N6O5.2ClH/c1-12(14(25)23(18)17(2,3)4)20-16(27)28-15(26)19-11-13(24)21-22-9-7-5-6-8-10-22;;/h12H,5-11,18H2,1-4H3,(H,19,26)(H,20,27)(H,21,24);2*1H/t12-;;/m0../s1. The number of nitrogens with two attached hydrogens (primary N) is 1. The van der Waals surface area contributed by atoms with Crippen LogP contribution in [0.2, 0.25) is 0 Å². The molecule has 1 aliphatic heterocycles. The number of alkyl carbamates (subject to hydrolysis) is 2. The molecule has 0 aliphatic carbocycles. The Bertz CT molecular complexity index is 579. The van der Waals surface area contributed by atoms with E-state index in [0.717, 1.165) is 43.8 Å². The summed E-state index contributed by atoms with van der Waals surface area (Å²) in [5.74, 6) is 4.75. The molecule has 0 unspecified atom stereocenters. The van der Waals surface area contributed by atoms with Crippen LogP contribution < -0.4 is 21.9 Å². The van der Waals surface area contributed by atoms with Gasteiger partial charge in [0.25, 0.3) is 11.8 Å². The van der Waals surface area contributed by atoms with Crippen molar-refractivity contribution in [2.45, 2.75) is 65.0 Å². The van der Waals surface area contributed by atoms with Gasteiger partial charge in [-0.2, -0.15) is 0 Å². The summed E-state index contributed by atoms with van der Waals surface area (Å²) in [6, 6.07) is -0.990. The highest BCUT2D eigenvalue weighted by Gasteiger charge is 2.28. The summed E-state index contributed by atoms with van der Waals surface area (Å²) >= 11 is 0. The monoisotopic (exact) mass is 472 g/mol. The van der Waals surface area contributed by atoms with Gasteiger partial charge in [0, 0.05) is 13.1 Å². The van der Waals surface area contributed by atoms with E-state index in [4.69, 9.17) is 5.84 Å². The Hall–Kier alpha value is -1.82. The summed E-state index contributed by atoms with van der Waals surface area (Å²) in [6.07, 6.45) is 2.05. The van der Waals surface area contributed by atoms with Crippen LogP contribution in [0, 0.1) is 0 Å². The molecule has 0 bridgehead atoms. The van der Waals surface area contributed by atoms with Crippen LogP contribution in [0.5, 0.6) is 0 Å². The SMILES string of the molecule is C[C@H](NC(=O)OC(=O)NCC(=O)NN1CCCCCC1)C(=O)N(N)C(C)(C)C.Cl.Cl. The fourth-order valence-corrected chi connectivity index (χ4v) is 2.48. The summed E-state index contributed by atoms with van der Waals surface area (Å²) in [4.78, 5) is 47.3. The molecule has 0 spiro atoms. The number of rotatable bonds is 5. The predicted molar refractivity (Wildman–Crippen MR) is 116 cm³/mol. The fraction of sp³-hybridized carbons (Fsp3) is 0.765. The molecule has 0 aromatic carbocycles. The van der Waals surface area contributed by atoms with Gasteiger partial charge >= 0.3 is 12.2 Å². The number of hydrazine groups is 2. The number of nitrogens with one attached hydrogen (secondary N) is 3. The minimum absolute atomic E-state index is 0. The molecular weight excluding hydrogens is 439 g/mol. The van der Waals surface area contributed by atoms with E-state index >= 15 is 0 Å². The van der Waals surface area contributed by atoms with E-state index in [9.17, 15) is 19.2 Å². The minimum atomic E-state index is -1.12. The molecule has 0 radical (unpaired) electrons. The van der Waals surface area contributed by atoms with Gasteiger partial charge in [-0.05, 0) is 40.5 Å². The first-order valence-electron chi connectivity index (χ1n) is 9.40. The van der Waals surface area contributed by atoms with Crippen molar-refractivity contribution in [1.29, 1.82) is 0 Å². The third-order valence-electron chi connectivity index (χ3n) is 4.13. The molecule has 5 N–H and O–H groups in total. The highest BCUT2D eigenvalue weighted by molar-refractivity contribution is 5.90. The highest BCUT2D eigenvalue weighted by Crippen LogP contribution is 2.09. The van der Waals surface area contributed by atoms with Crippen LogP contribution in [0.3, 0.4) is 0 Å². The van der Waals surface area contributed by atoms with Gasteiger partial charge in [0.05, 0.1) is 5.54 Å². The Morgan fingerprint density at radius 1 is 1.03 bits per heavy atom. The molecule has 1 fully saturated rings. The van der Waals surface area contributed by atoms with Gasteiger partial charge in [-0.1, -0.05) is 12.8 Å². The van der Waals surface area contributed by atoms with Crippen molar-refractivity contribution in [2.24, 2.45) is 5.84 Å². The molecule has 0 aromatic rings. The number of ether oxygens (including phenoxy) is 1. The molecule has 1 saturated heterocycles. The molecule has 1 atom stereocenters. The van der Waals surface area contributed by atoms with Crippen LogP contribution in [0.25, 0.3) is 0 Å². The summed E-state index contributed by atoms with van der Waals surface area (Å²) in [6.45, 7) is 7.81. The molecule has 0 aromatic heterocycles. The van der Waals surface area contributed by atoms with Gasteiger partial charge in [0.15, 0.2) is 0 Å². The Kier molecular flexibility index (Phi) is 14.4. The number of hydrogen-bond donors (Lipinski definition) is 4. The number of carbonyl (C=O) groups is 4. The molecule has 176 valence electrons. The van der Waals surface area contributed by atoms with E-state index in [0.29, 0.717) is 0 Å². The maximum absolute atomic E-state index is 12.1. The minimum Gasteiger partial charge on any atom is -0.359 e. The summed E-state index contributed by atoms with van der Waals surface area (Å²) in [7, 11) is 0. The number of hydrogen-bond acceptors (Lipinski definition) is 7. The predicted octanol–water partition coefficient (Wildman–Crippen LogP) is 1.06. The Balaban J connectivity index is 0. The lowest BCUT2D eigenvalue weighted by molar-refractivity contribution is -0.138. The zero-order valence-electron chi connectivity index (χ0n) is 17.9. The molecule has 1 aliphatic rings. The summed E-state index contributed by atoms with van der Waals surface area (Å²) < 4.78 is 4.49. The van der Waals surface area contributed by atoms with Crippen molar-refractivity contribution in [3.63, 3.8) is 0 Å². The number of nitrogens with zero attached hydrogens (tertiary/aromatic N) is 2. The topological polar surface area (TPSA) is 146 Å². The van der Waals surface area contributed by atoms with Crippen LogP contribution >= 0.6 is 24.8 Å². The second-order valence-electron chi connectivity index (χ2n) is 7.71. The number of amides is 4. The van der Waals surface area contributed by atoms with Crippen molar-refractivity contribution in [2.75, 3.05) is 19.6 Å². The van der Waals surface area contributed by atoms with Gasteiger partial charge in [0.2, 0.25) is 0 Å². The van der Waals surface area contributed by atoms with E-state index in [-0.39, 0.29) is 31.4 Å². The van der Waals surface area contributed by atoms with Gasteiger partial charge < -0.3 is 15.4 Å². The molecule has 0 saturated carbocycles. The van der Waals surface area contributed by atoms with Crippen LogP contribution in [-0.4, -0.2) is 65.2 Å². The Labute approximate surface area is 189 Å². The molecule has 30 heavy (non-hydrogen) atoms. The second kappa shape index (κ2) is 14.2. The van der Waals surface area contributed by atoms with E-state index < -0.39 is 35.6 Å².